The molecule has 3 aromatic carbocycles. The summed E-state index contributed by atoms with van der Waals surface area (Å²) in [5.74, 6) is -4.83. The number of hydrogen-bond acceptors (Lipinski definition) is 13. The number of nitrogens with one attached hydrogen (secondary N) is 1. The van der Waals surface area contributed by atoms with Crippen molar-refractivity contribution in [3.8, 4) is 0 Å². The van der Waals surface area contributed by atoms with Gasteiger partial charge >= 0.3 is 23.9 Å². The van der Waals surface area contributed by atoms with Gasteiger partial charge in [-0.2, -0.15) is 0 Å². The molecule has 0 radical (unpaired) electrons. The number of hydroxylamine groups is 2. The minimum absolute atomic E-state index is 0.0305. The van der Waals surface area contributed by atoms with Gasteiger partial charge in [-0.25, -0.2) is 19.2 Å². The van der Waals surface area contributed by atoms with Crippen LogP contribution in [0.15, 0.2) is 91.0 Å². The number of amides is 3. The molecule has 0 aromatic heterocycles. The highest BCUT2D eigenvalue weighted by Crippen LogP contribution is 2.30. The van der Waals surface area contributed by atoms with E-state index in [1.807, 2.05) is 0 Å². The molecule has 0 aliphatic carbocycles. The third-order valence-corrected chi connectivity index (χ3v) is 8.17. The number of benzene rings is 3. The van der Waals surface area contributed by atoms with Crippen molar-refractivity contribution in [2.45, 2.75) is 69.7 Å². The Labute approximate surface area is 304 Å². The average Bonchev–Trinajstić information content (AvgIpc) is 3.48. The first-order valence-electron chi connectivity index (χ1n) is 17.0. The van der Waals surface area contributed by atoms with Crippen LogP contribution < -0.4 is 5.32 Å². The average molecular weight is 731 g/mol. The number of unbranched alkanes of at least 4 members (excludes halogenated alkanes) is 1. The molecule has 278 valence electrons. The van der Waals surface area contributed by atoms with E-state index in [0.717, 1.165) is 0 Å². The highest BCUT2D eigenvalue weighted by atomic mass is 16.7. The fourth-order valence-corrected chi connectivity index (χ4v) is 5.57. The molecule has 2 saturated heterocycles. The van der Waals surface area contributed by atoms with Crippen LogP contribution in [0.1, 0.15) is 70.1 Å². The summed E-state index contributed by atoms with van der Waals surface area (Å²) in [6.07, 6.45) is -5.21. The maximum absolute atomic E-state index is 13.5. The van der Waals surface area contributed by atoms with E-state index in [2.05, 4.69) is 5.32 Å². The van der Waals surface area contributed by atoms with Crippen molar-refractivity contribution >= 4 is 41.6 Å². The number of rotatable bonds is 15. The first-order valence-corrected chi connectivity index (χ1v) is 17.0. The molecule has 15 nitrogen and oxygen atoms in total. The van der Waals surface area contributed by atoms with Gasteiger partial charge in [0, 0.05) is 32.8 Å². The number of esters is 3. The van der Waals surface area contributed by atoms with Gasteiger partial charge in [-0.3, -0.25) is 14.4 Å². The molecule has 53 heavy (non-hydrogen) atoms. The second-order valence-electron chi connectivity index (χ2n) is 12.1. The SMILES string of the molecule is CC(=O)N[C@H]1[C@H](OCCCCC(=O)ON2C(=O)CCC2=O)O[C@H](COC(=O)c2ccccc2)C(OC(=O)c2ccccc2)[C@@H]1OC(=O)c1ccccc1. The van der Waals surface area contributed by atoms with Crippen molar-refractivity contribution in [3.05, 3.63) is 108 Å². The van der Waals surface area contributed by atoms with Crippen LogP contribution in [0.4, 0.5) is 0 Å². The van der Waals surface area contributed by atoms with E-state index in [1.54, 1.807) is 66.7 Å². The summed E-state index contributed by atoms with van der Waals surface area (Å²) in [4.78, 5) is 93.2. The molecule has 2 heterocycles. The van der Waals surface area contributed by atoms with Crippen molar-refractivity contribution in [2.24, 2.45) is 0 Å². The van der Waals surface area contributed by atoms with Crippen molar-refractivity contribution in [2.75, 3.05) is 13.2 Å². The normalized spacial score (nSPS) is 21.0. The topological polar surface area (TPSA) is 190 Å². The summed E-state index contributed by atoms with van der Waals surface area (Å²) in [5.41, 5.74) is 0.587. The minimum atomic E-state index is -1.43. The highest BCUT2D eigenvalue weighted by molar-refractivity contribution is 6.01. The van der Waals surface area contributed by atoms with Gasteiger partial charge in [0.15, 0.2) is 18.5 Å². The molecule has 1 unspecified atom stereocenters. The van der Waals surface area contributed by atoms with Crippen LogP contribution in [-0.4, -0.2) is 90.5 Å². The zero-order chi connectivity index (χ0) is 37.7. The lowest BCUT2D eigenvalue weighted by Gasteiger charge is -2.45. The Morgan fingerprint density at radius 2 is 1.23 bits per heavy atom. The molecule has 0 bridgehead atoms. The molecule has 2 aliphatic rings. The first-order chi connectivity index (χ1) is 25.6. The predicted octanol–water partition coefficient (Wildman–Crippen LogP) is 3.32. The Kier molecular flexibility index (Phi) is 13.4. The van der Waals surface area contributed by atoms with Gasteiger partial charge in [0.1, 0.15) is 18.8 Å². The van der Waals surface area contributed by atoms with Gasteiger partial charge in [-0.1, -0.05) is 54.6 Å². The van der Waals surface area contributed by atoms with E-state index < -0.39 is 78.8 Å². The monoisotopic (exact) mass is 730 g/mol. The molecule has 3 amide bonds. The molecule has 5 atom stereocenters. The van der Waals surface area contributed by atoms with Crippen LogP contribution in [-0.2, 0) is 47.7 Å². The fraction of sp³-hybridized carbons (Fsp3) is 0.342. The van der Waals surface area contributed by atoms with Crippen LogP contribution in [0.25, 0.3) is 0 Å². The third-order valence-electron chi connectivity index (χ3n) is 8.17. The van der Waals surface area contributed by atoms with Gasteiger partial charge < -0.3 is 33.8 Å². The molecule has 0 saturated carbocycles. The summed E-state index contributed by atoms with van der Waals surface area (Å²) < 4.78 is 29.8. The van der Waals surface area contributed by atoms with Gasteiger partial charge in [0.05, 0.1) is 16.7 Å². The van der Waals surface area contributed by atoms with Crippen LogP contribution in [0.5, 0.6) is 0 Å². The van der Waals surface area contributed by atoms with E-state index in [9.17, 15) is 33.6 Å². The molecule has 0 spiro atoms. The van der Waals surface area contributed by atoms with E-state index >= 15 is 0 Å². The summed E-state index contributed by atoms with van der Waals surface area (Å²) in [6, 6.07) is 22.9. The Morgan fingerprint density at radius 1 is 0.717 bits per heavy atom. The number of nitrogens with zero attached hydrogens (tertiary/aromatic N) is 1. The summed E-state index contributed by atoms with van der Waals surface area (Å²) in [6.45, 7) is 0.694. The smallest absolute Gasteiger partial charge is 0.338 e. The Bertz CT molecular complexity index is 1750. The van der Waals surface area contributed by atoms with Crippen molar-refractivity contribution < 1.29 is 62.1 Å². The molecule has 15 heteroatoms. The summed E-state index contributed by atoms with van der Waals surface area (Å²) in [7, 11) is 0. The summed E-state index contributed by atoms with van der Waals surface area (Å²) in [5, 5.41) is 3.16. The second-order valence-corrected chi connectivity index (χ2v) is 12.1. The van der Waals surface area contributed by atoms with E-state index in [-0.39, 0.29) is 55.4 Å². The fourth-order valence-electron chi connectivity index (χ4n) is 5.57. The van der Waals surface area contributed by atoms with Crippen LogP contribution in [0.2, 0.25) is 0 Å². The Balaban J connectivity index is 1.37. The number of carbonyl (C=O) groups excluding carboxylic acids is 7. The lowest BCUT2D eigenvalue weighted by atomic mass is 9.95. The van der Waals surface area contributed by atoms with Gasteiger partial charge in [-0.05, 0) is 49.2 Å². The van der Waals surface area contributed by atoms with Crippen LogP contribution in [0, 0.1) is 0 Å². The zero-order valence-electron chi connectivity index (χ0n) is 28.8. The lowest BCUT2D eigenvalue weighted by molar-refractivity contribution is -0.269. The van der Waals surface area contributed by atoms with E-state index in [4.69, 9.17) is 28.5 Å². The van der Waals surface area contributed by atoms with E-state index in [1.165, 1.54) is 31.2 Å². The molecule has 3 aromatic rings. The maximum atomic E-state index is 13.5. The third kappa shape index (κ3) is 10.6. The lowest BCUT2D eigenvalue weighted by Crippen LogP contribution is -2.66. The van der Waals surface area contributed by atoms with Gasteiger partial charge in [0.25, 0.3) is 11.8 Å². The minimum Gasteiger partial charge on any atom is -0.459 e. The Hall–Kier alpha value is -5.93. The standard InChI is InChI=1S/C38H38N2O13/c1-24(41)39-32-34(52-37(47)27-17-9-4-10-18-27)33(51-36(46)26-15-7-3-8-16-26)28(23-49-35(45)25-13-5-2-6-14-25)50-38(32)48-22-12-11-19-31(44)53-40-29(42)20-21-30(40)43/h2-10,13-18,28,32-34,38H,11-12,19-23H2,1H3,(H,39,41)/t28-,32-,33?,34-,38-/m1/s1. The summed E-state index contributed by atoms with van der Waals surface area (Å²) >= 11 is 0. The maximum Gasteiger partial charge on any atom is 0.338 e. The Morgan fingerprint density at radius 3 is 1.75 bits per heavy atom. The predicted molar refractivity (Wildman–Crippen MR) is 181 cm³/mol. The number of imide groups is 1. The molecule has 1 N–H and O–H groups in total. The highest BCUT2D eigenvalue weighted by Gasteiger charge is 2.52. The first kappa shape index (κ1) is 38.3. The molecule has 5 rings (SSSR count). The van der Waals surface area contributed by atoms with Gasteiger partial charge in [-0.15, -0.1) is 5.06 Å². The van der Waals surface area contributed by atoms with Gasteiger partial charge in [0.2, 0.25) is 5.91 Å². The van der Waals surface area contributed by atoms with Crippen LogP contribution in [0.3, 0.4) is 0 Å². The second kappa shape index (κ2) is 18.5. The number of carbonyl (C=O) groups is 7. The molecule has 2 aliphatic heterocycles. The zero-order valence-corrected chi connectivity index (χ0v) is 28.8. The number of hydrogen-bond donors (Lipinski definition) is 1. The number of ether oxygens (including phenoxy) is 5. The molecular formula is C38H38N2O13. The van der Waals surface area contributed by atoms with Crippen LogP contribution >= 0.6 is 0 Å². The molecular weight excluding hydrogens is 692 g/mol. The van der Waals surface area contributed by atoms with Crippen molar-refractivity contribution in [1.82, 2.24) is 10.4 Å². The van der Waals surface area contributed by atoms with E-state index in [0.29, 0.717) is 5.06 Å². The van der Waals surface area contributed by atoms with Crippen molar-refractivity contribution in [3.63, 3.8) is 0 Å². The van der Waals surface area contributed by atoms with Crippen molar-refractivity contribution in [1.29, 1.82) is 0 Å². The largest absolute Gasteiger partial charge is 0.459 e. The molecule has 2 fully saturated rings. The quantitative estimate of drug-likeness (QED) is 0.104.